The quantitative estimate of drug-likeness (QED) is 0.425. The van der Waals surface area contributed by atoms with Gasteiger partial charge in [0.2, 0.25) is 5.95 Å². The second kappa shape index (κ2) is 8.14. The van der Waals surface area contributed by atoms with Gasteiger partial charge in [-0.2, -0.15) is 10.1 Å². The van der Waals surface area contributed by atoms with Gasteiger partial charge in [0.15, 0.2) is 15.7 Å². The van der Waals surface area contributed by atoms with Gasteiger partial charge in [0, 0.05) is 31.1 Å². The number of rotatable bonds is 5. The SMILES string of the molecule is CCc1ccn2nc(C)n(-c3ccccc3CC3(C)CN(c4nc(N)nc5c4S(=O)(=O)CC5)C3)c(=O)c12. The Morgan fingerprint density at radius 3 is 2.62 bits per heavy atom. The molecule has 0 amide bonds. The van der Waals surface area contributed by atoms with Crippen molar-refractivity contribution in [3.8, 4) is 5.69 Å². The summed E-state index contributed by atoms with van der Waals surface area (Å²) in [7, 11) is -3.41. The highest BCUT2D eigenvalue weighted by molar-refractivity contribution is 7.91. The minimum atomic E-state index is -3.41. The molecule has 1 fully saturated rings. The molecule has 0 bridgehead atoms. The van der Waals surface area contributed by atoms with E-state index in [4.69, 9.17) is 5.73 Å². The summed E-state index contributed by atoms with van der Waals surface area (Å²) in [5.41, 5.74) is 9.60. The summed E-state index contributed by atoms with van der Waals surface area (Å²) in [6, 6.07) is 9.86. The Hall–Kier alpha value is -3.73. The third-order valence-electron chi connectivity index (χ3n) is 7.46. The summed E-state index contributed by atoms with van der Waals surface area (Å²) in [6.45, 7) is 7.27. The van der Waals surface area contributed by atoms with Crippen LogP contribution >= 0.6 is 0 Å². The van der Waals surface area contributed by atoms with E-state index in [1.54, 1.807) is 9.08 Å². The van der Waals surface area contributed by atoms with Crippen molar-refractivity contribution in [3.63, 3.8) is 0 Å². The Morgan fingerprint density at radius 1 is 1.11 bits per heavy atom. The molecule has 11 heteroatoms. The van der Waals surface area contributed by atoms with Crippen LogP contribution in [0.1, 0.15) is 36.5 Å². The lowest BCUT2D eigenvalue weighted by Crippen LogP contribution is -2.56. The predicted molar refractivity (Wildman–Crippen MR) is 141 cm³/mol. The van der Waals surface area contributed by atoms with Crippen LogP contribution in [0.5, 0.6) is 0 Å². The van der Waals surface area contributed by atoms with Crippen LogP contribution in [0.2, 0.25) is 0 Å². The van der Waals surface area contributed by atoms with Crippen molar-refractivity contribution >= 4 is 27.1 Å². The maximum Gasteiger partial charge on any atom is 0.282 e. The maximum absolute atomic E-state index is 13.6. The van der Waals surface area contributed by atoms with Crippen molar-refractivity contribution in [2.45, 2.75) is 44.9 Å². The first kappa shape index (κ1) is 23.7. The molecule has 0 spiro atoms. The monoisotopic (exact) mass is 519 g/mol. The first-order valence-corrected chi connectivity index (χ1v) is 14.1. The summed E-state index contributed by atoms with van der Waals surface area (Å²) < 4.78 is 28.7. The standard InChI is InChI=1S/C26H29N7O3S/c1-4-17-9-11-32-21(17)24(34)33(16(2)30-32)20-8-6-5-7-18(20)13-26(3)14-31(15-26)23-22-19(28-25(27)29-23)10-12-37(22,35)36/h5-9,11H,4,10,12-15H2,1-3H3,(H2,27,28,29). The summed E-state index contributed by atoms with van der Waals surface area (Å²) in [4.78, 5) is 24.3. The highest BCUT2D eigenvalue weighted by Gasteiger charge is 2.44. The molecule has 2 N–H and O–H groups in total. The predicted octanol–water partition coefficient (Wildman–Crippen LogP) is 2.13. The molecule has 0 unspecified atom stereocenters. The number of anilines is 2. The molecule has 10 nitrogen and oxygen atoms in total. The van der Waals surface area contributed by atoms with Gasteiger partial charge in [0.1, 0.15) is 16.2 Å². The number of benzene rings is 1. The Balaban J connectivity index is 1.34. The third kappa shape index (κ3) is 3.71. The molecule has 5 heterocycles. The summed E-state index contributed by atoms with van der Waals surface area (Å²) in [5, 5.41) is 4.65. The van der Waals surface area contributed by atoms with Gasteiger partial charge in [-0.05, 0) is 43.0 Å². The van der Waals surface area contributed by atoms with E-state index in [9.17, 15) is 13.2 Å². The van der Waals surface area contributed by atoms with Gasteiger partial charge < -0.3 is 10.6 Å². The molecule has 1 saturated heterocycles. The number of fused-ring (bicyclic) bond motifs is 2. The fourth-order valence-corrected chi connectivity index (χ4v) is 7.44. The van der Waals surface area contributed by atoms with Crippen LogP contribution in [0.25, 0.3) is 11.2 Å². The van der Waals surface area contributed by atoms with Crippen LogP contribution in [0.4, 0.5) is 11.8 Å². The average Bonchev–Trinajstić information content (AvgIpc) is 3.38. The minimum absolute atomic E-state index is 0.0415. The van der Waals surface area contributed by atoms with E-state index in [-0.39, 0.29) is 27.6 Å². The molecule has 2 aliphatic rings. The smallest absolute Gasteiger partial charge is 0.282 e. The van der Waals surface area contributed by atoms with Crippen LogP contribution in [0.15, 0.2) is 46.2 Å². The van der Waals surface area contributed by atoms with E-state index >= 15 is 0 Å². The zero-order valence-corrected chi connectivity index (χ0v) is 21.9. The zero-order chi connectivity index (χ0) is 26.1. The second-order valence-electron chi connectivity index (χ2n) is 10.4. The molecule has 4 aromatic rings. The minimum Gasteiger partial charge on any atom is -0.368 e. The highest BCUT2D eigenvalue weighted by Crippen LogP contribution is 2.42. The van der Waals surface area contributed by atoms with E-state index in [0.717, 1.165) is 23.2 Å². The first-order valence-electron chi connectivity index (χ1n) is 12.4. The van der Waals surface area contributed by atoms with Crippen molar-refractivity contribution in [1.29, 1.82) is 0 Å². The van der Waals surface area contributed by atoms with Crippen molar-refractivity contribution < 1.29 is 8.42 Å². The largest absolute Gasteiger partial charge is 0.368 e. The summed E-state index contributed by atoms with van der Waals surface area (Å²) >= 11 is 0. The summed E-state index contributed by atoms with van der Waals surface area (Å²) in [6.07, 6.45) is 3.65. The van der Waals surface area contributed by atoms with Crippen LogP contribution in [-0.2, 0) is 29.1 Å². The molecule has 1 aromatic carbocycles. The number of para-hydroxylation sites is 1. The molecule has 192 valence electrons. The van der Waals surface area contributed by atoms with Gasteiger partial charge in [-0.25, -0.2) is 17.9 Å². The number of aryl methyl sites for hydroxylation is 3. The van der Waals surface area contributed by atoms with Gasteiger partial charge in [0.25, 0.3) is 5.56 Å². The molecular formula is C26H29N7O3S. The van der Waals surface area contributed by atoms with E-state index < -0.39 is 9.84 Å². The van der Waals surface area contributed by atoms with Crippen LogP contribution in [0.3, 0.4) is 0 Å². The Morgan fingerprint density at radius 2 is 1.86 bits per heavy atom. The lowest BCUT2D eigenvalue weighted by Gasteiger charge is -2.49. The molecule has 0 radical (unpaired) electrons. The molecule has 37 heavy (non-hydrogen) atoms. The Bertz CT molecular complexity index is 1730. The van der Waals surface area contributed by atoms with Gasteiger partial charge >= 0.3 is 0 Å². The molecule has 0 saturated carbocycles. The van der Waals surface area contributed by atoms with Crippen molar-refractivity contribution in [2.24, 2.45) is 5.41 Å². The lowest BCUT2D eigenvalue weighted by atomic mass is 9.76. The van der Waals surface area contributed by atoms with Crippen LogP contribution in [0, 0.1) is 12.3 Å². The third-order valence-corrected chi connectivity index (χ3v) is 9.24. The number of nitrogens with two attached hydrogens (primary N) is 1. The number of nitrogen functional groups attached to an aromatic ring is 1. The van der Waals surface area contributed by atoms with Crippen LogP contribution in [-0.4, -0.2) is 51.4 Å². The van der Waals surface area contributed by atoms with Crippen LogP contribution < -0.4 is 16.2 Å². The molecule has 0 aliphatic carbocycles. The number of hydrogen-bond donors (Lipinski definition) is 1. The van der Waals surface area contributed by atoms with Gasteiger partial charge in [-0.1, -0.05) is 32.0 Å². The Kier molecular flexibility index (Phi) is 5.20. The molecular weight excluding hydrogens is 490 g/mol. The van der Waals surface area contributed by atoms with E-state index in [1.807, 2.05) is 55.3 Å². The molecule has 6 rings (SSSR count). The lowest BCUT2D eigenvalue weighted by molar-refractivity contribution is 0.239. The number of hydrogen-bond acceptors (Lipinski definition) is 8. The Labute approximate surface area is 214 Å². The van der Waals surface area contributed by atoms with E-state index in [1.165, 1.54) is 0 Å². The van der Waals surface area contributed by atoms with Gasteiger partial charge in [-0.15, -0.1) is 0 Å². The molecule has 0 atom stereocenters. The highest BCUT2D eigenvalue weighted by atomic mass is 32.2. The maximum atomic E-state index is 13.6. The van der Waals surface area contributed by atoms with Crippen molar-refractivity contribution in [2.75, 3.05) is 29.5 Å². The summed E-state index contributed by atoms with van der Waals surface area (Å²) in [5.74, 6) is 1.16. The topological polar surface area (TPSA) is 128 Å². The number of sulfone groups is 1. The zero-order valence-electron chi connectivity index (χ0n) is 21.1. The fourth-order valence-electron chi connectivity index (χ4n) is 5.82. The normalized spacial score (nSPS) is 17.6. The van der Waals surface area contributed by atoms with Crippen molar-refractivity contribution in [3.05, 3.63) is 69.5 Å². The van der Waals surface area contributed by atoms with E-state index in [0.29, 0.717) is 48.8 Å². The molecule has 3 aromatic heterocycles. The second-order valence-corrected chi connectivity index (χ2v) is 12.4. The number of aromatic nitrogens is 5. The number of nitrogens with zero attached hydrogens (tertiary/aromatic N) is 6. The first-order chi connectivity index (χ1) is 17.6. The van der Waals surface area contributed by atoms with Gasteiger partial charge in [0.05, 0.1) is 17.1 Å². The van der Waals surface area contributed by atoms with E-state index in [2.05, 4.69) is 22.0 Å². The average molecular weight is 520 g/mol. The molecule has 2 aliphatic heterocycles. The van der Waals surface area contributed by atoms with Crippen molar-refractivity contribution in [1.82, 2.24) is 24.1 Å². The van der Waals surface area contributed by atoms with Gasteiger partial charge in [-0.3, -0.25) is 9.36 Å². The fraction of sp³-hybridized carbons (Fsp3) is 0.385.